The maximum Gasteiger partial charge on any atom is 0.272 e. The molecule has 0 aliphatic rings. The second kappa shape index (κ2) is 14.3. The fourth-order valence-electron chi connectivity index (χ4n) is 4.36. The molecular weight excluding hydrogens is 516 g/mol. The van der Waals surface area contributed by atoms with Gasteiger partial charge in [-0.2, -0.15) is 0 Å². The normalized spacial score (nSPS) is 12.0. The van der Waals surface area contributed by atoms with Gasteiger partial charge in [0.2, 0.25) is 11.8 Å². The number of hydrogen-bond acceptors (Lipinski definition) is 7. The molecule has 210 valence electrons. The van der Waals surface area contributed by atoms with Crippen LogP contribution < -0.4 is 21.5 Å². The summed E-state index contributed by atoms with van der Waals surface area (Å²) in [4.78, 5) is 40.1. The van der Waals surface area contributed by atoms with E-state index in [0.717, 1.165) is 0 Å². The molecule has 0 fully saturated rings. The average Bonchev–Trinajstić information content (AvgIpc) is 2.94. The number of nitrogens with one attached hydrogen (secondary N) is 1. The number of carbonyl (C=O) groups is 2. The fraction of sp³-hybridized carbons (Fsp3) is 0.250. The Morgan fingerprint density at radius 2 is 1.68 bits per heavy atom. The third-order valence-corrected chi connectivity index (χ3v) is 6.19. The van der Waals surface area contributed by atoms with E-state index in [0.29, 0.717) is 23.1 Å². The van der Waals surface area contributed by atoms with Gasteiger partial charge in [0.1, 0.15) is 11.1 Å². The topological polar surface area (TPSA) is 186 Å². The zero-order valence-corrected chi connectivity index (χ0v) is 22.0. The Hall–Kier alpha value is -4.97. The fourth-order valence-corrected chi connectivity index (χ4v) is 4.36. The Kier molecular flexibility index (Phi) is 10.5. The third kappa shape index (κ3) is 7.77. The lowest BCUT2D eigenvalue weighted by atomic mass is 9.89. The van der Waals surface area contributed by atoms with Crippen LogP contribution in [0.2, 0.25) is 0 Å². The lowest BCUT2D eigenvalue weighted by Gasteiger charge is -2.34. The number of ether oxygens (including phenoxy) is 1. The summed E-state index contributed by atoms with van der Waals surface area (Å²) < 4.78 is 5.23. The predicted molar refractivity (Wildman–Crippen MR) is 149 cm³/mol. The zero-order chi connectivity index (χ0) is 29.1. The molecule has 0 aliphatic carbocycles. The van der Waals surface area contributed by atoms with E-state index in [9.17, 15) is 24.8 Å². The highest BCUT2D eigenvalue weighted by Crippen LogP contribution is 2.31. The van der Waals surface area contributed by atoms with E-state index in [2.05, 4.69) is 10.4 Å². The number of rotatable bonds is 12. The number of benzene rings is 3. The molecule has 0 saturated carbocycles. The van der Waals surface area contributed by atoms with Crippen LogP contribution in [0, 0.1) is 10.1 Å². The molecule has 3 aromatic rings. The van der Waals surface area contributed by atoms with Crippen LogP contribution >= 0.6 is 0 Å². The molecule has 0 heterocycles. The van der Waals surface area contributed by atoms with Crippen LogP contribution in [-0.4, -0.2) is 52.5 Å². The highest BCUT2D eigenvalue weighted by molar-refractivity contribution is 6.00. The van der Waals surface area contributed by atoms with Crippen LogP contribution in [0.5, 0.6) is 11.5 Å². The maximum absolute atomic E-state index is 14.5. The van der Waals surface area contributed by atoms with Gasteiger partial charge in [0.15, 0.2) is 16.5 Å². The first-order chi connectivity index (χ1) is 19.2. The lowest BCUT2D eigenvalue weighted by molar-refractivity contribution is -0.485. The van der Waals surface area contributed by atoms with Gasteiger partial charge in [0.25, 0.3) is 5.96 Å². The van der Waals surface area contributed by atoms with Crippen molar-refractivity contribution in [3.05, 3.63) is 106 Å². The highest BCUT2D eigenvalue weighted by Gasteiger charge is 2.35. The van der Waals surface area contributed by atoms with Gasteiger partial charge in [-0.15, -0.1) is 0 Å². The number of carbonyl (C=O) groups excluding carboxylic acids is 2. The van der Waals surface area contributed by atoms with Gasteiger partial charge in [-0.05, 0) is 48.2 Å². The van der Waals surface area contributed by atoms with Gasteiger partial charge < -0.3 is 26.2 Å². The van der Waals surface area contributed by atoms with Gasteiger partial charge in [-0.1, -0.05) is 66.7 Å². The number of methoxy groups -OCH3 is 1. The van der Waals surface area contributed by atoms with Gasteiger partial charge in [0.05, 0.1) is 13.0 Å². The van der Waals surface area contributed by atoms with Crippen molar-refractivity contribution >= 4 is 17.8 Å². The minimum absolute atomic E-state index is 0.0550. The Balaban J connectivity index is 2.14. The van der Waals surface area contributed by atoms with Gasteiger partial charge >= 0.3 is 0 Å². The van der Waals surface area contributed by atoms with Gasteiger partial charge in [-0.25, -0.2) is 10.1 Å². The van der Waals surface area contributed by atoms with Crippen LogP contribution in [-0.2, 0) is 16.1 Å². The van der Waals surface area contributed by atoms with Crippen LogP contribution in [0.3, 0.4) is 0 Å². The first kappa shape index (κ1) is 29.6. The highest BCUT2D eigenvalue weighted by atomic mass is 16.7. The standard InChI is InChI=1S/C28H32N6O6/c1-40-24-17-19(14-15-23(24)35)18-33(22(13-8-16-29)26(36)31-28(30)32-34(38)39)27(37)25(20-9-4-2-5-10-20)21-11-6-3-7-12-21/h2-7,9-12,14-15,17,22,25,35H,8,13,16,18,29H2,1H3,(H3,30,31,32,36)/t22-/m0/s1. The summed E-state index contributed by atoms with van der Waals surface area (Å²) in [6.07, 6.45) is 0.514. The summed E-state index contributed by atoms with van der Waals surface area (Å²) in [6, 6.07) is 21.8. The molecule has 6 N–H and O–H groups in total. The number of aromatic hydroxyl groups is 1. The Labute approximate surface area is 231 Å². The van der Waals surface area contributed by atoms with E-state index in [-0.39, 0.29) is 31.0 Å². The molecule has 0 unspecified atom stereocenters. The zero-order valence-electron chi connectivity index (χ0n) is 22.0. The van der Waals surface area contributed by atoms with E-state index in [4.69, 9.17) is 16.2 Å². The quantitative estimate of drug-likeness (QED) is 0.115. The summed E-state index contributed by atoms with van der Waals surface area (Å²) in [5, 5.41) is 25.0. The molecule has 12 nitrogen and oxygen atoms in total. The van der Waals surface area contributed by atoms with Crippen LogP contribution in [0.25, 0.3) is 0 Å². The van der Waals surface area contributed by atoms with Crippen LogP contribution in [0.1, 0.15) is 35.4 Å². The number of guanidine groups is 1. The van der Waals surface area contributed by atoms with E-state index >= 15 is 0 Å². The predicted octanol–water partition coefficient (Wildman–Crippen LogP) is 2.29. The number of nitrogens with zero attached hydrogens (tertiary/aromatic N) is 3. The molecule has 0 bridgehead atoms. The maximum atomic E-state index is 14.5. The second-order valence-electron chi connectivity index (χ2n) is 8.89. The molecule has 40 heavy (non-hydrogen) atoms. The number of phenols is 1. The summed E-state index contributed by atoms with van der Waals surface area (Å²) in [5.74, 6) is -2.54. The van der Waals surface area contributed by atoms with Crippen molar-refractivity contribution in [2.24, 2.45) is 16.6 Å². The Morgan fingerprint density at radius 1 is 1.07 bits per heavy atom. The molecule has 0 aromatic heterocycles. The molecule has 0 saturated heterocycles. The summed E-state index contributed by atoms with van der Waals surface area (Å²) in [5.41, 5.74) is 13.3. The van der Waals surface area contributed by atoms with Crippen LogP contribution in [0.15, 0.2) is 84.0 Å². The average molecular weight is 549 g/mol. The molecule has 12 heteroatoms. The molecule has 3 aromatic carbocycles. The number of nitrogens with two attached hydrogens (primary N) is 2. The molecular formula is C28H32N6O6. The first-order valence-electron chi connectivity index (χ1n) is 12.5. The lowest BCUT2D eigenvalue weighted by Crippen LogP contribution is -2.53. The third-order valence-electron chi connectivity index (χ3n) is 6.19. The monoisotopic (exact) mass is 548 g/mol. The van der Waals surface area contributed by atoms with E-state index < -0.39 is 34.8 Å². The van der Waals surface area contributed by atoms with Crippen molar-refractivity contribution in [2.75, 3.05) is 13.7 Å². The Morgan fingerprint density at radius 3 is 2.20 bits per heavy atom. The van der Waals surface area contributed by atoms with Crippen molar-refractivity contribution in [1.82, 2.24) is 10.2 Å². The molecule has 3 rings (SSSR count). The summed E-state index contributed by atoms with van der Waals surface area (Å²) in [7, 11) is 1.40. The summed E-state index contributed by atoms with van der Waals surface area (Å²) in [6.45, 7) is 0.179. The van der Waals surface area contributed by atoms with Gasteiger partial charge in [-0.3, -0.25) is 14.9 Å². The molecule has 0 aliphatic heterocycles. The SMILES string of the molecule is COc1cc(CN(C(=O)C(c2ccccc2)c2ccccc2)[C@@H](CCCN)C(=O)NC(N)=N[N+](=O)[O-])ccc1O. The molecule has 0 spiro atoms. The largest absolute Gasteiger partial charge is 0.504 e. The first-order valence-corrected chi connectivity index (χ1v) is 12.5. The van der Waals surface area contributed by atoms with E-state index in [1.54, 1.807) is 12.1 Å². The Bertz CT molecular complexity index is 1300. The number of hydrazone groups is 1. The van der Waals surface area contributed by atoms with Crippen molar-refractivity contribution in [3.8, 4) is 11.5 Å². The van der Waals surface area contributed by atoms with Gasteiger partial charge in [0, 0.05) is 6.54 Å². The van der Waals surface area contributed by atoms with Crippen molar-refractivity contribution < 1.29 is 24.5 Å². The number of phenolic OH excluding ortho intramolecular Hbond substituents is 1. The van der Waals surface area contributed by atoms with E-state index in [1.807, 2.05) is 60.7 Å². The summed E-state index contributed by atoms with van der Waals surface area (Å²) >= 11 is 0. The second-order valence-corrected chi connectivity index (χ2v) is 8.89. The molecule has 2 amide bonds. The van der Waals surface area contributed by atoms with Crippen molar-refractivity contribution in [2.45, 2.75) is 31.3 Å². The number of hydrogen-bond donors (Lipinski definition) is 4. The minimum Gasteiger partial charge on any atom is -0.504 e. The van der Waals surface area contributed by atoms with E-state index in [1.165, 1.54) is 18.1 Å². The molecule has 0 radical (unpaired) electrons. The minimum atomic E-state index is -1.12. The number of nitro groups is 1. The molecule has 1 atom stereocenters. The smallest absolute Gasteiger partial charge is 0.272 e. The number of amides is 2. The van der Waals surface area contributed by atoms with Crippen molar-refractivity contribution in [1.29, 1.82) is 0 Å². The van der Waals surface area contributed by atoms with Crippen LogP contribution in [0.4, 0.5) is 0 Å². The van der Waals surface area contributed by atoms with Crippen molar-refractivity contribution in [3.63, 3.8) is 0 Å².